The second-order valence-electron chi connectivity index (χ2n) is 3.46. The van der Waals surface area contributed by atoms with Crippen LogP contribution in [0.3, 0.4) is 0 Å². The molecule has 1 nitrogen and oxygen atoms in total. The first kappa shape index (κ1) is 13.8. The Bertz CT molecular complexity index is 619. The van der Waals surface area contributed by atoms with Crippen LogP contribution in [0.15, 0.2) is 40.2 Å². The molecule has 1 aromatic carbocycles. The van der Waals surface area contributed by atoms with Gasteiger partial charge in [0.1, 0.15) is 0 Å². The van der Waals surface area contributed by atoms with Gasteiger partial charge in [0.2, 0.25) is 0 Å². The van der Waals surface area contributed by atoms with Crippen molar-refractivity contribution in [3.05, 3.63) is 60.7 Å². The highest BCUT2D eigenvalue weighted by Gasteiger charge is 2.08. The fourth-order valence-corrected chi connectivity index (χ4v) is 3.31. The molecule has 5 heteroatoms. The largest absolute Gasteiger partial charge is 0.288 e. The van der Waals surface area contributed by atoms with Gasteiger partial charge in [0.25, 0.3) is 0 Å². The maximum Gasteiger partial charge on any atom is 0.196 e. The van der Waals surface area contributed by atoms with Gasteiger partial charge in [0.15, 0.2) is 5.78 Å². The molecule has 0 amide bonds. The Morgan fingerprint density at radius 2 is 2.06 bits per heavy atom. The normalized spacial score (nSPS) is 11.1. The summed E-state index contributed by atoms with van der Waals surface area (Å²) in [6.45, 7) is 0. The summed E-state index contributed by atoms with van der Waals surface area (Å²) in [6.07, 6.45) is 3.19. The second kappa shape index (κ2) is 6.02. The monoisotopic (exact) mass is 360 g/mol. The lowest BCUT2D eigenvalue weighted by molar-refractivity contribution is 0.105. The number of rotatable bonds is 3. The first-order valence-corrected chi connectivity index (χ1v) is 7.41. The molecule has 0 spiro atoms. The summed E-state index contributed by atoms with van der Waals surface area (Å²) in [4.78, 5) is 12.6. The third-order valence-corrected chi connectivity index (χ3v) is 4.63. The zero-order valence-corrected chi connectivity index (χ0v) is 12.9. The molecule has 2 rings (SSSR count). The molecule has 2 aromatic rings. The van der Waals surface area contributed by atoms with Crippen molar-refractivity contribution in [3.8, 4) is 0 Å². The SMILES string of the molecule is O=C(C=Cc1ccc(Cl)cc1Cl)c1sccc1Br. The first-order chi connectivity index (χ1) is 8.58. The van der Waals surface area contributed by atoms with Gasteiger partial charge in [0.05, 0.1) is 4.88 Å². The Labute approximate surface area is 127 Å². The number of hydrogen-bond donors (Lipinski definition) is 0. The minimum atomic E-state index is -0.0529. The maximum atomic E-state index is 11.9. The highest BCUT2D eigenvalue weighted by atomic mass is 79.9. The third-order valence-electron chi connectivity index (χ3n) is 2.22. The number of hydrogen-bond acceptors (Lipinski definition) is 2. The fraction of sp³-hybridized carbons (Fsp3) is 0. The maximum absolute atomic E-state index is 11.9. The number of carbonyl (C=O) groups is 1. The molecule has 0 atom stereocenters. The number of thiophene rings is 1. The van der Waals surface area contributed by atoms with Crippen molar-refractivity contribution >= 4 is 62.3 Å². The summed E-state index contributed by atoms with van der Waals surface area (Å²) < 4.78 is 0.810. The third kappa shape index (κ3) is 3.23. The zero-order valence-electron chi connectivity index (χ0n) is 8.99. The Hall–Kier alpha value is -0.610. The van der Waals surface area contributed by atoms with E-state index in [1.54, 1.807) is 24.3 Å². The molecule has 0 aliphatic heterocycles. The Morgan fingerprint density at radius 3 is 2.67 bits per heavy atom. The molecule has 92 valence electrons. The number of carbonyl (C=O) groups excluding carboxylic acids is 1. The Morgan fingerprint density at radius 1 is 1.28 bits per heavy atom. The summed E-state index contributed by atoms with van der Waals surface area (Å²) >= 11 is 16.5. The van der Waals surface area contributed by atoms with Crippen molar-refractivity contribution < 1.29 is 4.79 Å². The smallest absolute Gasteiger partial charge is 0.196 e. The van der Waals surface area contributed by atoms with Crippen LogP contribution in [-0.2, 0) is 0 Å². The van der Waals surface area contributed by atoms with E-state index in [0.717, 1.165) is 10.0 Å². The van der Waals surface area contributed by atoms with E-state index < -0.39 is 0 Å². The molecule has 0 aliphatic carbocycles. The van der Waals surface area contributed by atoms with Gasteiger partial charge >= 0.3 is 0 Å². The van der Waals surface area contributed by atoms with Crippen molar-refractivity contribution in [2.45, 2.75) is 0 Å². The molecule has 0 fully saturated rings. The van der Waals surface area contributed by atoms with Crippen LogP contribution >= 0.6 is 50.5 Å². The van der Waals surface area contributed by atoms with Crippen LogP contribution in [0.2, 0.25) is 10.0 Å². The van der Waals surface area contributed by atoms with Crippen LogP contribution in [0.25, 0.3) is 6.08 Å². The number of halogens is 3. The number of benzene rings is 1. The lowest BCUT2D eigenvalue weighted by Crippen LogP contribution is -1.90. The van der Waals surface area contributed by atoms with Crippen molar-refractivity contribution in [2.75, 3.05) is 0 Å². The second-order valence-corrected chi connectivity index (χ2v) is 6.08. The van der Waals surface area contributed by atoms with Gasteiger partial charge in [-0.1, -0.05) is 29.3 Å². The molecule has 0 N–H and O–H groups in total. The van der Waals surface area contributed by atoms with E-state index in [9.17, 15) is 4.79 Å². The first-order valence-electron chi connectivity index (χ1n) is 4.98. The van der Waals surface area contributed by atoms with Crippen LogP contribution in [0.5, 0.6) is 0 Å². The average Bonchev–Trinajstić information content (AvgIpc) is 2.74. The van der Waals surface area contributed by atoms with Gasteiger partial charge in [-0.05, 0) is 57.2 Å². The summed E-state index contributed by atoms with van der Waals surface area (Å²) in [5, 5.41) is 2.96. The summed E-state index contributed by atoms with van der Waals surface area (Å²) in [6, 6.07) is 7.01. The zero-order chi connectivity index (χ0) is 13.1. The van der Waals surface area contributed by atoms with Crippen LogP contribution in [-0.4, -0.2) is 5.78 Å². The molecule has 0 saturated carbocycles. The van der Waals surface area contributed by atoms with Gasteiger partial charge in [0, 0.05) is 14.5 Å². The van der Waals surface area contributed by atoms with E-state index in [1.807, 2.05) is 11.4 Å². The van der Waals surface area contributed by atoms with Crippen LogP contribution < -0.4 is 0 Å². The summed E-state index contributed by atoms with van der Waals surface area (Å²) in [5.74, 6) is -0.0529. The summed E-state index contributed by atoms with van der Waals surface area (Å²) in [7, 11) is 0. The van der Waals surface area contributed by atoms with Gasteiger partial charge in [-0.2, -0.15) is 0 Å². The predicted octanol–water partition coefficient (Wildman–Crippen LogP) is 5.71. The molecule has 0 radical (unpaired) electrons. The van der Waals surface area contributed by atoms with E-state index in [4.69, 9.17) is 23.2 Å². The lowest BCUT2D eigenvalue weighted by Gasteiger charge is -1.98. The van der Waals surface area contributed by atoms with E-state index in [0.29, 0.717) is 14.9 Å². The van der Waals surface area contributed by atoms with Crippen LogP contribution in [0.4, 0.5) is 0 Å². The van der Waals surface area contributed by atoms with Gasteiger partial charge < -0.3 is 0 Å². The van der Waals surface area contributed by atoms with Crippen molar-refractivity contribution in [1.82, 2.24) is 0 Å². The van der Waals surface area contributed by atoms with Gasteiger partial charge in [-0.25, -0.2) is 0 Å². The minimum absolute atomic E-state index is 0.0529. The standard InChI is InChI=1S/C13H7BrCl2OS/c14-10-5-6-18-13(10)12(17)4-2-8-1-3-9(15)7-11(8)16/h1-7H. The minimum Gasteiger partial charge on any atom is -0.288 e. The average molecular weight is 362 g/mol. The Balaban J connectivity index is 2.21. The number of ketones is 1. The van der Waals surface area contributed by atoms with Gasteiger partial charge in [-0.3, -0.25) is 4.79 Å². The predicted molar refractivity (Wildman–Crippen MR) is 81.8 cm³/mol. The van der Waals surface area contributed by atoms with Crippen LogP contribution in [0, 0.1) is 0 Å². The van der Waals surface area contributed by atoms with Crippen molar-refractivity contribution in [3.63, 3.8) is 0 Å². The molecule has 1 aromatic heterocycles. The topological polar surface area (TPSA) is 17.1 Å². The number of allylic oxidation sites excluding steroid dienone is 1. The molecule has 0 aliphatic rings. The van der Waals surface area contributed by atoms with E-state index in [-0.39, 0.29) is 5.78 Å². The molecule has 0 unspecified atom stereocenters. The van der Waals surface area contributed by atoms with Crippen molar-refractivity contribution in [1.29, 1.82) is 0 Å². The highest BCUT2D eigenvalue weighted by molar-refractivity contribution is 9.10. The summed E-state index contributed by atoms with van der Waals surface area (Å²) in [5.41, 5.74) is 0.766. The van der Waals surface area contributed by atoms with Gasteiger partial charge in [-0.15, -0.1) is 11.3 Å². The molecule has 18 heavy (non-hydrogen) atoms. The lowest BCUT2D eigenvalue weighted by atomic mass is 10.2. The highest BCUT2D eigenvalue weighted by Crippen LogP contribution is 2.25. The van der Waals surface area contributed by atoms with E-state index >= 15 is 0 Å². The van der Waals surface area contributed by atoms with E-state index in [2.05, 4.69) is 15.9 Å². The Kier molecular flexibility index (Phi) is 4.62. The quantitative estimate of drug-likeness (QED) is 0.505. The molecule has 0 bridgehead atoms. The molecule has 0 saturated heterocycles. The molecular formula is C13H7BrCl2OS. The molecular weight excluding hydrogens is 355 g/mol. The van der Waals surface area contributed by atoms with Crippen molar-refractivity contribution in [2.24, 2.45) is 0 Å². The van der Waals surface area contributed by atoms with E-state index in [1.165, 1.54) is 17.4 Å². The van der Waals surface area contributed by atoms with Crippen LogP contribution in [0.1, 0.15) is 15.2 Å². The fourth-order valence-electron chi connectivity index (χ4n) is 1.35. The molecule has 1 heterocycles.